The Morgan fingerprint density at radius 2 is 1.48 bits per heavy atom. The van der Waals surface area contributed by atoms with Gasteiger partial charge in [0.2, 0.25) is 5.91 Å². The van der Waals surface area contributed by atoms with Crippen molar-refractivity contribution in [2.45, 2.75) is 53.0 Å². The highest BCUT2D eigenvalue weighted by Crippen LogP contribution is 2.55. The van der Waals surface area contributed by atoms with Crippen molar-refractivity contribution >= 4 is 15.7 Å². The topological polar surface area (TPSA) is 87.3 Å². The second kappa shape index (κ2) is 10.1. The van der Waals surface area contributed by atoms with Crippen molar-refractivity contribution in [2.75, 3.05) is 0 Å². The number of amides is 1. The van der Waals surface area contributed by atoms with E-state index in [0.717, 1.165) is 24.3 Å². The third kappa shape index (κ3) is 5.02. The molecule has 0 aromatic heterocycles. The minimum absolute atomic E-state index is 0.0679. The summed E-state index contributed by atoms with van der Waals surface area (Å²) >= 11 is 0. The van der Waals surface area contributed by atoms with Gasteiger partial charge in [0.05, 0.1) is 11.3 Å². The number of carbonyl (C=O) groups excluding carboxylic acids is 1. The first-order valence-electron chi connectivity index (χ1n) is 11.6. The predicted octanol–water partition coefficient (Wildman–Crippen LogP) is 4.96. The Morgan fingerprint density at radius 1 is 0.900 bits per heavy atom. The summed E-state index contributed by atoms with van der Waals surface area (Å²) in [4.78, 5) is 12.1. The highest BCUT2D eigenvalue weighted by molar-refractivity contribution is 7.92. The van der Waals surface area contributed by atoms with Crippen molar-refractivity contribution in [3.8, 4) is 0 Å². The van der Waals surface area contributed by atoms with Crippen LogP contribution in [-0.2, 0) is 25.0 Å². The Balaban J connectivity index is 1.67. The van der Waals surface area contributed by atoms with Crippen LogP contribution < -0.4 is 16.2 Å². The number of rotatable bonds is 7. The maximum absolute atomic E-state index is 14.5. The van der Waals surface area contributed by atoms with Crippen molar-refractivity contribution in [3.63, 3.8) is 0 Å². The molecule has 2 aromatic carbocycles. The van der Waals surface area contributed by atoms with Crippen molar-refractivity contribution < 1.29 is 48.3 Å². The molecule has 1 fully saturated rings. The van der Waals surface area contributed by atoms with Crippen LogP contribution in [0.3, 0.4) is 0 Å². The van der Waals surface area contributed by atoms with Crippen molar-refractivity contribution in [3.05, 3.63) is 89.5 Å². The van der Waals surface area contributed by atoms with E-state index < -0.39 is 55.9 Å². The van der Waals surface area contributed by atoms with Gasteiger partial charge < -0.3 is 16.2 Å². The Hall–Kier alpha value is -3.62. The van der Waals surface area contributed by atoms with Crippen molar-refractivity contribution in [1.29, 1.82) is 0 Å². The van der Waals surface area contributed by atoms with Gasteiger partial charge in [0, 0.05) is 24.0 Å². The molecule has 0 saturated heterocycles. The molecule has 4 rings (SSSR count). The molecule has 0 bridgehead atoms. The SMILES string of the molecule is O=C(CC1=CNNC=C1)NC1CC(c2ccc(C(F)(C(F)(F)F)C(F)(F)F)cc2)(S(=O)(=O)c2ccc(F)cc2)C1. The van der Waals surface area contributed by atoms with Gasteiger partial charge >= 0.3 is 18.0 Å². The summed E-state index contributed by atoms with van der Waals surface area (Å²) in [7, 11) is -4.43. The molecule has 216 valence electrons. The first-order valence-corrected chi connectivity index (χ1v) is 13.1. The van der Waals surface area contributed by atoms with E-state index in [1.807, 2.05) is 0 Å². The fourth-order valence-electron chi connectivity index (χ4n) is 4.73. The lowest BCUT2D eigenvalue weighted by Gasteiger charge is -2.47. The summed E-state index contributed by atoms with van der Waals surface area (Å²) in [5.41, 5.74) is -1.73. The summed E-state index contributed by atoms with van der Waals surface area (Å²) in [6.45, 7) is 0. The van der Waals surface area contributed by atoms with Crippen LogP contribution in [0.2, 0.25) is 0 Å². The highest BCUT2D eigenvalue weighted by Gasteiger charge is 2.73. The molecule has 1 heterocycles. The summed E-state index contributed by atoms with van der Waals surface area (Å²) in [6.07, 6.45) is -8.67. The first-order chi connectivity index (χ1) is 18.5. The molecule has 2 aliphatic rings. The van der Waals surface area contributed by atoms with E-state index in [9.17, 15) is 48.3 Å². The molecule has 1 aliphatic carbocycles. The largest absolute Gasteiger partial charge is 0.435 e. The predicted molar refractivity (Wildman–Crippen MR) is 126 cm³/mol. The third-order valence-corrected chi connectivity index (χ3v) is 9.32. The number of halogens is 8. The van der Waals surface area contributed by atoms with E-state index in [1.54, 1.807) is 12.3 Å². The minimum Gasteiger partial charge on any atom is -0.353 e. The average Bonchev–Trinajstić information content (AvgIpc) is 2.85. The van der Waals surface area contributed by atoms with Gasteiger partial charge in [0.1, 0.15) is 10.6 Å². The lowest BCUT2D eigenvalue weighted by molar-refractivity contribution is -0.348. The van der Waals surface area contributed by atoms with Gasteiger partial charge in [-0.05, 0) is 54.3 Å². The summed E-state index contributed by atoms with van der Waals surface area (Å²) in [6, 6.07) is 4.82. The van der Waals surface area contributed by atoms with Gasteiger partial charge in [-0.25, -0.2) is 17.2 Å². The van der Waals surface area contributed by atoms with Crippen LogP contribution in [0.4, 0.5) is 35.1 Å². The van der Waals surface area contributed by atoms with E-state index in [-0.39, 0.29) is 41.9 Å². The lowest BCUT2D eigenvalue weighted by Crippen LogP contribution is -2.57. The first kappa shape index (κ1) is 29.4. The number of hydrogen-bond donors (Lipinski definition) is 3. The van der Waals surface area contributed by atoms with E-state index in [4.69, 9.17) is 0 Å². The third-order valence-electron chi connectivity index (χ3n) is 6.83. The fourth-order valence-corrected chi connectivity index (χ4v) is 6.97. The Kier molecular flexibility index (Phi) is 7.41. The van der Waals surface area contributed by atoms with Crippen LogP contribution in [0.1, 0.15) is 30.4 Å². The van der Waals surface area contributed by atoms with Crippen LogP contribution >= 0.6 is 0 Å². The highest BCUT2D eigenvalue weighted by atomic mass is 32.2. The second-order valence-corrected chi connectivity index (χ2v) is 11.6. The number of hydrazine groups is 1. The zero-order valence-corrected chi connectivity index (χ0v) is 21.0. The Labute approximate surface area is 223 Å². The van der Waals surface area contributed by atoms with Gasteiger partial charge in [-0.2, -0.15) is 26.3 Å². The van der Waals surface area contributed by atoms with E-state index in [1.165, 1.54) is 6.20 Å². The number of nitrogens with one attached hydrogen (secondary N) is 3. The summed E-state index contributed by atoms with van der Waals surface area (Å²) < 4.78 is 133. The van der Waals surface area contributed by atoms with Crippen LogP contribution in [0.15, 0.2) is 77.5 Å². The van der Waals surface area contributed by atoms with Gasteiger partial charge in [-0.15, -0.1) is 0 Å². The van der Waals surface area contributed by atoms with Crippen LogP contribution in [0.25, 0.3) is 0 Å². The molecular formula is C25H21F8N3O3S. The number of allylic oxidation sites excluding steroid dienone is 1. The molecule has 1 amide bonds. The molecule has 40 heavy (non-hydrogen) atoms. The molecule has 0 atom stereocenters. The number of carbonyl (C=O) groups is 1. The molecule has 2 aromatic rings. The fraction of sp³-hybridized carbons (Fsp3) is 0.320. The van der Waals surface area contributed by atoms with Crippen molar-refractivity contribution in [1.82, 2.24) is 16.2 Å². The lowest BCUT2D eigenvalue weighted by atomic mass is 9.74. The molecule has 0 unspecified atom stereocenters. The molecule has 0 radical (unpaired) electrons. The van der Waals surface area contributed by atoms with Crippen LogP contribution in [0, 0.1) is 5.82 Å². The molecular weight excluding hydrogens is 574 g/mol. The van der Waals surface area contributed by atoms with E-state index in [2.05, 4.69) is 16.2 Å². The molecule has 1 saturated carbocycles. The molecule has 3 N–H and O–H groups in total. The molecule has 0 spiro atoms. The zero-order valence-electron chi connectivity index (χ0n) is 20.2. The molecule has 15 heteroatoms. The maximum atomic E-state index is 14.5. The number of sulfone groups is 1. The standard InChI is InChI=1S/C25H21F8N3O3S/c26-18-5-7-20(8-6-18)40(38,39)22(12-19(13-22)36-21(37)11-15-9-10-34-35-14-15)16-1-3-17(4-2-16)23(27,24(28,29)30)25(31,32)33/h1-10,14,19,34-35H,11-13H2,(H,36,37). The second-order valence-electron chi connectivity index (χ2n) is 9.37. The van der Waals surface area contributed by atoms with Gasteiger partial charge in [0.15, 0.2) is 9.84 Å². The smallest absolute Gasteiger partial charge is 0.353 e. The average molecular weight is 596 g/mol. The Bertz CT molecular complexity index is 1410. The quantitative estimate of drug-likeness (QED) is 0.311. The minimum atomic E-state index is -6.34. The number of alkyl halides is 7. The van der Waals surface area contributed by atoms with Gasteiger partial charge in [0.25, 0.3) is 0 Å². The molecule has 6 nitrogen and oxygen atoms in total. The number of hydrogen-bond acceptors (Lipinski definition) is 5. The van der Waals surface area contributed by atoms with E-state index in [0.29, 0.717) is 17.7 Å². The summed E-state index contributed by atoms with van der Waals surface area (Å²) in [5.74, 6) is -1.21. The monoisotopic (exact) mass is 595 g/mol. The van der Waals surface area contributed by atoms with Crippen LogP contribution in [-0.4, -0.2) is 32.7 Å². The zero-order chi connectivity index (χ0) is 29.6. The maximum Gasteiger partial charge on any atom is 0.435 e. The van der Waals surface area contributed by atoms with Gasteiger partial charge in [-0.3, -0.25) is 4.79 Å². The van der Waals surface area contributed by atoms with Gasteiger partial charge in [-0.1, -0.05) is 24.3 Å². The van der Waals surface area contributed by atoms with Crippen molar-refractivity contribution in [2.24, 2.45) is 0 Å². The summed E-state index contributed by atoms with van der Waals surface area (Å²) in [5, 5.41) is 2.65. The van der Waals surface area contributed by atoms with Crippen LogP contribution in [0.5, 0.6) is 0 Å². The molecule has 1 aliphatic heterocycles. The number of benzene rings is 2. The Morgan fingerprint density at radius 3 is 1.98 bits per heavy atom. The van der Waals surface area contributed by atoms with E-state index >= 15 is 0 Å². The normalized spacial score (nSPS) is 21.5.